The van der Waals surface area contributed by atoms with E-state index in [1.807, 2.05) is 0 Å². The van der Waals surface area contributed by atoms with Crippen molar-refractivity contribution in [3.8, 4) is 11.8 Å². The largest absolute Gasteiger partial charge is 0.403 e. The molecule has 0 atom stereocenters. The predicted octanol–water partition coefficient (Wildman–Crippen LogP) is 0.901. The van der Waals surface area contributed by atoms with Gasteiger partial charge in [-0.3, -0.25) is 4.99 Å². The Bertz CT molecular complexity index is 157. The summed E-state index contributed by atoms with van der Waals surface area (Å²) >= 11 is 0. The van der Waals surface area contributed by atoms with Crippen LogP contribution in [0.4, 0.5) is 0 Å². The topological polar surface area (TPSA) is 38.4 Å². The van der Waals surface area contributed by atoms with Crippen molar-refractivity contribution in [2.75, 3.05) is 0 Å². The molecule has 48 valence electrons. The van der Waals surface area contributed by atoms with Gasteiger partial charge in [-0.15, -0.1) is 5.92 Å². The molecule has 0 aromatic heterocycles. The average molecular weight is 122 g/mol. The summed E-state index contributed by atoms with van der Waals surface area (Å²) in [6.07, 6.45) is 5.31. The Morgan fingerprint density at radius 2 is 2.44 bits per heavy atom. The molecule has 9 heavy (non-hydrogen) atoms. The molecule has 0 saturated heterocycles. The Balaban J connectivity index is 3.32. The van der Waals surface area contributed by atoms with E-state index in [0.29, 0.717) is 6.42 Å². The highest BCUT2D eigenvalue weighted by molar-refractivity contribution is 5.61. The maximum absolute atomic E-state index is 5.01. The van der Waals surface area contributed by atoms with Gasteiger partial charge in [0.2, 0.25) is 0 Å². The molecule has 0 saturated carbocycles. The second-order valence-electron chi connectivity index (χ2n) is 1.30. The molecular formula is C7H10N2. The minimum Gasteiger partial charge on any atom is -0.403 e. The minimum absolute atomic E-state index is 0.695. The molecule has 2 N–H and O–H groups in total. The lowest BCUT2D eigenvalue weighted by atomic mass is 10.5. The first-order valence-electron chi connectivity index (χ1n) is 2.69. The quantitative estimate of drug-likeness (QED) is 0.429. The molecule has 0 amide bonds. The molecule has 0 heterocycles. The summed E-state index contributed by atoms with van der Waals surface area (Å²) in [5, 5.41) is 0. The van der Waals surface area contributed by atoms with Crippen LogP contribution < -0.4 is 5.73 Å². The zero-order valence-corrected chi connectivity index (χ0v) is 5.46. The average Bonchev–Trinajstić information content (AvgIpc) is 1.89. The van der Waals surface area contributed by atoms with Crippen LogP contribution in [-0.2, 0) is 0 Å². The fourth-order valence-corrected chi connectivity index (χ4v) is 0.311. The van der Waals surface area contributed by atoms with Crippen LogP contribution in [0.1, 0.15) is 13.3 Å². The molecule has 0 unspecified atom stereocenters. The maximum Gasteiger partial charge on any atom is 0.0444 e. The second kappa shape index (κ2) is 6.77. The number of nitrogens with zero attached hydrogens (tertiary/aromatic N) is 1. The molecule has 0 radical (unpaired) electrons. The van der Waals surface area contributed by atoms with Crippen molar-refractivity contribution in [2.45, 2.75) is 13.3 Å². The Morgan fingerprint density at radius 3 is 3.00 bits per heavy atom. The lowest BCUT2D eigenvalue weighted by Crippen LogP contribution is -1.74. The SMILES string of the molecule is CC#CC/C=N\C=C/N. The number of hydrogen-bond acceptors (Lipinski definition) is 2. The molecule has 0 aliphatic heterocycles. The molecule has 0 fully saturated rings. The van der Waals surface area contributed by atoms with E-state index >= 15 is 0 Å². The standard InChI is InChI=1S/C7H10N2/c1-2-3-4-6-9-7-5-8/h5-7H,4,8H2,1H3/b7-5-,9-6-. The summed E-state index contributed by atoms with van der Waals surface area (Å²) in [5.74, 6) is 5.58. The zero-order valence-electron chi connectivity index (χ0n) is 5.46. The first-order valence-corrected chi connectivity index (χ1v) is 2.69. The van der Waals surface area contributed by atoms with Crippen LogP contribution in [0.3, 0.4) is 0 Å². The van der Waals surface area contributed by atoms with Gasteiger partial charge in [-0.2, -0.15) is 0 Å². The molecule has 2 heteroatoms. The molecule has 0 aliphatic carbocycles. The molecule has 0 aliphatic rings. The Labute approximate surface area is 55.5 Å². The summed E-state index contributed by atoms with van der Waals surface area (Å²) in [4.78, 5) is 3.79. The van der Waals surface area contributed by atoms with Crippen LogP contribution in [0.2, 0.25) is 0 Å². The summed E-state index contributed by atoms with van der Waals surface area (Å²) < 4.78 is 0. The normalized spacial score (nSPS) is 9.89. The van der Waals surface area contributed by atoms with E-state index in [1.54, 1.807) is 13.1 Å². The Kier molecular flexibility index (Phi) is 5.84. The first kappa shape index (κ1) is 7.77. The molecule has 0 aromatic carbocycles. The summed E-state index contributed by atoms with van der Waals surface area (Å²) in [6.45, 7) is 1.80. The van der Waals surface area contributed by atoms with E-state index in [4.69, 9.17) is 5.73 Å². The van der Waals surface area contributed by atoms with E-state index in [-0.39, 0.29) is 0 Å². The van der Waals surface area contributed by atoms with Gasteiger partial charge >= 0.3 is 0 Å². The molecule has 2 nitrogen and oxygen atoms in total. The third kappa shape index (κ3) is 6.77. The highest BCUT2D eigenvalue weighted by Gasteiger charge is 1.63. The molecular weight excluding hydrogens is 112 g/mol. The summed E-state index contributed by atoms with van der Waals surface area (Å²) in [5.41, 5.74) is 5.01. The fourth-order valence-electron chi connectivity index (χ4n) is 0.311. The Morgan fingerprint density at radius 1 is 1.67 bits per heavy atom. The monoisotopic (exact) mass is 122 g/mol. The number of nitrogens with two attached hydrogens (primary N) is 1. The molecule has 0 bridgehead atoms. The van der Waals surface area contributed by atoms with Crippen LogP contribution in [0.15, 0.2) is 17.4 Å². The van der Waals surface area contributed by atoms with E-state index < -0.39 is 0 Å². The molecule has 0 aromatic rings. The van der Waals surface area contributed by atoms with Crippen molar-refractivity contribution in [3.05, 3.63) is 12.4 Å². The van der Waals surface area contributed by atoms with Crippen molar-refractivity contribution in [3.63, 3.8) is 0 Å². The molecule has 0 spiro atoms. The predicted molar refractivity (Wildman–Crippen MR) is 39.9 cm³/mol. The van der Waals surface area contributed by atoms with Crippen molar-refractivity contribution in [2.24, 2.45) is 10.7 Å². The zero-order chi connectivity index (χ0) is 6.95. The summed E-state index contributed by atoms with van der Waals surface area (Å²) in [7, 11) is 0. The van der Waals surface area contributed by atoms with Gasteiger partial charge in [-0.1, -0.05) is 5.92 Å². The van der Waals surface area contributed by atoms with Gasteiger partial charge in [0.15, 0.2) is 0 Å². The third-order valence-electron chi connectivity index (χ3n) is 0.648. The van der Waals surface area contributed by atoms with Crippen molar-refractivity contribution in [1.82, 2.24) is 0 Å². The van der Waals surface area contributed by atoms with Gasteiger partial charge in [0.05, 0.1) is 0 Å². The van der Waals surface area contributed by atoms with Crippen molar-refractivity contribution < 1.29 is 0 Å². The van der Waals surface area contributed by atoms with Gasteiger partial charge in [0.25, 0.3) is 0 Å². The van der Waals surface area contributed by atoms with E-state index in [0.717, 1.165) is 0 Å². The van der Waals surface area contributed by atoms with Crippen LogP contribution >= 0.6 is 0 Å². The number of hydrogen-bond donors (Lipinski definition) is 1. The van der Waals surface area contributed by atoms with Crippen LogP contribution in [0.25, 0.3) is 0 Å². The summed E-state index contributed by atoms with van der Waals surface area (Å²) in [6, 6.07) is 0. The van der Waals surface area contributed by atoms with E-state index in [1.165, 1.54) is 12.4 Å². The van der Waals surface area contributed by atoms with Gasteiger partial charge in [-0.05, 0) is 6.92 Å². The number of rotatable bonds is 2. The fraction of sp³-hybridized carbons (Fsp3) is 0.286. The lowest BCUT2D eigenvalue weighted by molar-refractivity contribution is 1.46. The highest BCUT2D eigenvalue weighted by Crippen LogP contribution is 1.71. The third-order valence-corrected chi connectivity index (χ3v) is 0.648. The number of aliphatic imine (C=N–C) groups is 1. The minimum atomic E-state index is 0.695. The first-order chi connectivity index (χ1) is 4.41. The second-order valence-corrected chi connectivity index (χ2v) is 1.30. The van der Waals surface area contributed by atoms with E-state index in [9.17, 15) is 0 Å². The van der Waals surface area contributed by atoms with Crippen LogP contribution in [0.5, 0.6) is 0 Å². The van der Waals surface area contributed by atoms with E-state index in [2.05, 4.69) is 16.8 Å². The Hall–Kier alpha value is -1.23. The van der Waals surface area contributed by atoms with Gasteiger partial charge < -0.3 is 5.73 Å². The smallest absolute Gasteiger partial charge is 0.0444 e. The van der Waals surface area contributed by atoms with Gasteiger partial charge in [0.1, 0.15) is 0 Å². The molecule has 0 rings (SSSR count). The van der Waals surface area contributed by atoms with Gasteiger partial charge in [-0.25, -0.2) is 0 Å². The van der Waals surface area contributed by atoms with Crippen molar-refractivity contribution in [1.29, 1.82) is 0 Å². The van der Waals surface area contributed by atoms with Crippen LogP contribution in [-0.4, -0.2) is 6.21 Å². The highest BCUT2D eigenvalue weighted by atomic mass is 14.7. The van der Waals surface area contributed by atoms with Gasteiger partial charge in [0, 0.05) is 25.0 Å². The van der Waals surface area contributed by atoms with Crippen LogP contribution in [0, 0.1) is 11.8 Å². The lowest BCUT2D eigenvalue weighted by Gasteiger charge is -1.73. The van der Waals surface area contributed by atoms with Crippen molar-refractivity contribution >= 4 is 6.21 Å². The maximum atomic E-state index is 5.01.